The van der Waals surface area contributed by atoms with Gasteiger partial charge in [-0.3, -0.25) is 4.79 Å². The number of hydrogen-bond acceptors (Lipinski definition) is 7. The number of fused-ring (bicyclic) bond motifs is 1. The molecule has 4 aromatic rings. The van der Waals surface area contributed by atoms with Crippen LogP contribution in [0.15, 0.2) is 47.0 Å². The molecule has 1 amide bonds. The van der Waals surface area contributed by atoms with Crippen LogP contribution < -0.4 is 4.74 Å². The Hall–Kier alpha value is -3.46. The zero-order valence-electron chi connectivity index (χ0n) is 17.3. The Bertz CT molecular complexity index is 1230. The van der Waals surface area contributed by atoms with Crippen LogP contribution in [0.3, 0.4) is 0 Å². The molecule has 5 rings (SSSR count). The Labute approximate surface area is 188 Å². The summed E-state index contributed by atoms with van der Waals surface area (Å²) in [6.45, 7) is 2.37. The molecule has 1 aliphatic heterocycles. The van der Waals surface area contributed by atoms with E-state index in [0.29, 0.717) is 41.0 Å². The zero-order chi connectivity index (χ0) is 21.9. The maximum Gasteiger partial charge on any atom is 0.264 e. The van der Waals surface area contributed by atoms with E-state index in [1.165, 1.54) is 0 Å². The van der Waals surface area contributed by atoms with E-state index in [0.717, 1.165) is 37.0 Å². The Morgan fingerprint density at radius 3 is 2.75 bits per heavy atom. The summed E-state index contributed by atoms with van der Waals surface area (Å²) >= 11 is 5.88. The molecule has 0 unspecified atom stereocenters. The first kappa shape index (κ1) is 20.4. The van der Waals surface area contributed by atoms with Crippen molar-refractivity contribution in [2.24, 2.45) is 0 Å². The van der Waals surface area contributed by atoms with Crippen molar-refractivity contribution >= 4 is 28.5 Å². The van der Waals surface area contributed by atoms with Crippen molar-refractivity contribution in [1.29, 1.82) is 0 Å². The van der Waals surface area contributed by atoms with Crippen molar-refractivity contribution in [1.82, 2.24) is 30.0 Å². The maximum absolute atomic E-state index is 12.3. The van der Waals surface area contributed by atoms with E-state index in [4.69, 9.17) is 20.9 Å². The molecule has 32 heavy (non-hydrogen) atoms. The third-order valence-corrected chi connectivity index (χ3v) is 5.66. The molecule has 1 aliphatic rings. The fourth-order valence-electron chi connectivity index (χ4n) is 3.71. The minimum atomic E-state index is 0.151. The smallest absolute Gasteiger partial charge is 0.264 e. The second kappa shape index (κ2) is 8.96. The molecule has 3 heterocycles. The number of benzene rings is 2. The van der Waals surface area contributed by atoms with Crippen LogP contribution in [0.25, 0.3) is 22.4 Å². The third-order valence-electron chi connectivity index (χ3n) is 5.41. The third kappa shape index (κ3) is 4.43. The summed E-state index contributed by atoms with van der Waals surface area (Å²) in [6.07, 6.45) is 2.60. The second-order valence-corrected chi connectivity index (χ2v) is 8.04. The first-order chi connectivity index (χ1) is 15.7. The molecule has 0 spiro atoms. The van der Waals surface area contributed by atoms with Gasteiger partial charge in [0.05, 0.1) is 12.1 Å². The molecule has 0 atom stereocenters. The number of likely N-dealkylation sites (tertiary alicyclic amines) is 1. The highest BCUT2D eigenvalue weighted by atomic mass is 35.5. The van der Waals surface area contributed by atoms with Gasteiger partial charge in [-0.2, -0.15) is 4.98 Å². The molecule has 9 nitrogen and oxygen atoms in total. The summed E-state index contributed by atoms with van der Waals surface area (Å²) in [5, 5.41) is 13.1. The standard InChI is InChI=1S/C22H21ClN6O3/c23-16-4-6-17(7-5-16)31-14-20-24-22(26-32-20)15-3-8-19-18(13-15)25-27-29(19)12-9-21(30)28-10-1-2-11-28/h3-8,13H,1-2,9-12,14H2. The largest absolute Gasteiger partial charge is 0.484 e. The molecule has 1 fully saturated rings. The highest BCUT2D eigenvalue weighted by Gasteiger charge is 2.18. The molecule has 2 aromatic carbocycles. The number of carbonyl (C=O) groups is 1. The second-order valence-electron chi connectivity index (χ2n) is 7.61. The Balaban J connectivity index is 1.24. The van der Waals surface area contributed by atoms with Gasteiger partial charge in [-0.15, -0.1) is 5.10 Å². The van der Waals surface area contributed by atoms with Gasteiger partial charge < -0.3 is 14.2 Å². The quantitative estimate of drug-likeness (QED) is 0.421. The number of amides is 1. The van der Waals surface area contributed by atoms with Crippen LogP contribution in [0, 0.1) is 0 Å². The molecule has 0 radical (unpaired) electrons. The number of rotatable bonds is 7. The van der Waals surface area contributed by atoms with Crippen LogP contribution in [0.1, 0.15) is 25.2 Å². The molecule has 0 aliphatic carbocycles. The highest BCUT2D eigenvalue weighted by Crippen LogP contribution is 2.22. The first-order valence-electron chi connectivity index (χ1n) is 10.5. The maximum atomic E-state index is 12.3. The van der Waals surface area contributed by atoms with Crippen molar-refractivity contribution in [2.75, 3.05) is 13.1 Å². The Morgan fingerprint density at radius 2 is 1.94 bits per heavy atom. The number of aryl methyl sites for hydroxylation is 1. The van der Waals surface area contributed by atoms with Gasteiger partial charge >= 0.3 is 0 Å². The van der Waals surface area contributed by atoms with E-state index in [9.17, 15) is 4.79 Å². The van der Waals surface area contributed by atoms with E-state index in [-0.39, 0.29) is 12.5 Å². The van der Waals surface area contributed by atoms with Gasteiger partial charge in [-0.05, 0) is 55.3 Å². The summed E-state index contributed by atoms with van der Waals surface area (Å²) in [6, 6.07) is 12.7. The SMILES string of the molecule is O=C(CCn1nnc2cc(-c3noc(COc4ccc(Cl)cc4)n3)ccc21)N1CCCC1. The van der Waals surface area contributed by atoms with Crippen molar-refractivity contribution < 1.29 is 14.1 Å². The number of nitrogens with zero attached hydrogens (tertiary/aromatic N) is 6. The van der Waals surface area contributed by atoms with E-state index in [1.807, 2.05) is 23.1 Å². The summed E-state index contributed by atoms with van der Waals surface area (Å²) in [5.41, 5.74) is 2.33. The van der Waals surface area contributed by atoms with Crippen LogP contribution >= 0.6 is 11.6 Å². The van der Waals surface area contributed by atoms with Crippen molar-refractivity contribution in [3.05, 3.63) is 53.4 Å². The van der Waals surface area contributed by atoms with Crippen LogP contribution in [0.5, 0.6) is 5.75 Å². The molecule has 2 aromatic heterocycles. The summed E-state index contributed by atoms with van der Waals surface area (Å²) < 4.78 is 12.7. The van der Waals surface area contributed by atoms with E-state index >= 15 is 0 Å². The van der Waals surface area contributed by atoms with Crippen molar-refractivity contribution in [3.63, 3.8) is 0 Å². The number of halogens is 1. The molecule has 0 saturated carbocycles. The average Bonchev–Trinajstić information content (AvgIpc) is 3.58. The lowest BCUT2D eigenvalue weighted by molar-refractivity contribution is -0.130. The molecular formula is C22H21ClN6O3. The molecule has 164 valence electrons. The number of hydrogen-bond donors (Lipinski definition) is 0. The number of aromatic nitrogens is 5. The normalized spacial score (nSPS) is 13.7. The minimum absolute atomic E-state index is 0.151. The molecule has 1 saturated heterocycles. The van der Waals surface area contributed by atoms with Gasteiger partial charge in [-0.25, -0.2) is 4.68 Å². The van der Waals surface area contributed by atoms with Gasteiger partial charge in [0.25, 0.3) is 5.89 Å². The van der Waals surface area contributed by atoms with Gasteiger partial charge in [-0.1, -0.05) is 22.0 Å². The van der Waals surface area contributed by atoms with E-state index in [2.05, 4.69) is 20.5 Å². The molecule has 0 bridgehead atoms. The predicted octanol–water partition coefficient (Wildman–Crippen LogP) is 3.73. The topological polar surface area (TPSA) is 99.2 Å². The monoisotopic (exact) mass is 452 g/mol. The van der Waals surface area contributed by atoms with Crippen molar-refractivity contribution in [3.8, 4) is 17.1 Å². The van der Waals surface area contributed by atoms with Crippen molar-refractivity contribution in [2.45, 2.75) is 32.4 Å². The Morgan fingerprint density at radius 1 is 1.12 bits per heavy atom. The summed E-state index contributed by atoms with van der Waals surface area (Å²) in [4.78, 5) is 18.6. The summed E-state index contributed by atoms with van der Waals surface area (Å²) in [5.74, 6) is 1.64. The van der Waals surface area contributed by atoms with Crippen LogP contribution in [-0.4, -0.2) is 49.0 Å². The zero-order valence-corrected chi connectivity index (χ0v) is 18.0. The predicted molar refractivity (Wildman–Crippen MR) is 117 cm³/mol. The lowest BCUT2D eigenvalue weighted by Gasteiger charge is -2.14. The van der Waals surface area contributed by atoms with Gasteiger partial charge in [0.1, 0.15) is 11.3 Å². The highest BCUT2D eigenvalue weighted by molar-refractivity contribution is 6.30. The average molecular weight is 453 g/mol. The lowest BCUT2D eigenvalue weighted by Crippen LogP contribution is -2.28. The van der Waals surface area contributed by atoms with Crippen LogP contribution in [0.2, 0.25) is 5.02 Å². The number of ether oxygens (including phenoxy) is 1. The summed E-state index contributed by atoms with van der Waals surface area (Å²) in [7, 11) is 0. The molecule has 10 heteroatoms. The van der Waals surface area contributed by atoms with Crippen LogP contribution in [0.4, 0.5) is 0 Å². The van der Waals surface area contributed by atoms with Gasteiger partial charge in [0, 0.05) is 30.1 Å². The first-order valence-corrected chi connectivity index (χ1v) is 10.9. The van der Waals surface area contributed by atoms with E-state index < -0.39 is 0 Å². The van der Waals surface area contributed by atoms with Crippen LogP contribution in [-0.2, 0) is 17.9 Å². The molecule has 0 N–H and O–H groups in total. The fourth-order valence-corrected chi connectivity index (χ4v) is 3.84. The lowest BCUT2D eigenvalue weighted by atomic mass is 10.2. The fraction of sp³-hybridized carbons (Fsp3) is 0.318. The molecular weight excluding hydrogens is 432 g/mol. The van der Waals surface area contributed by atoms with Gasteiger partial charge in [0.15, 0.2) is 6.61 Å². The van der Waals surface area contributed by atoms with E-state index in [1.54, 1.807) is 28.9 Å². The van der Waals surface area contributed by atoms with Gasteiger partial charge in [0.2, 0.25) is 11.7 Å². The minimum Gasteiger partial charge on any atom is -0.484 e. The Kier molecular flexibility index (Phi) is 5.72. The number of carbonyl (C=O) groups excluding carboxylic acids is 1.